The molecule has 3 rings (SSSR count). The molecule has 146 valence electrons. The molecule has 0 saturated carbocycles. The molecular weight excluding hydrogens is 352 g/mol. The molecule has 4 nitrogen and oxygen atoms in total. The third kappa shape index (κ3) is 4.16. The number of carboxylic acids is 1. The van der Waals surface area contributed by atoms with E-state index in [0.29, 0.717) is 5.75 Å². The van der Waals surface area contributed by atoms with Crippen molar-refractivity contribution in [3.63, 3.8) is 0 Å². The minimum atomic E-state index is -0.978. The van der Waals surface area contributed by atoms with Gasteiger partial charge in [0.05, 0.1) is 5.56 Å². The van der Waals surface area contributed by atoms with E-state index in [9.17, 15) is 9.59 Å². The Bertz CT molecular complexity index is 934. The fourth-order valence-electron chi connectivity index (χ4n) is 3.68. The van der Waals surface area contributed by atoms with Gasteiger partial charge in [0.1, 0.15) is 5.75 Å². The molecule has 0 saturated heterocycles. The molecule has 0 unspecified atom stereocenters. The highest BCUT2D eigenvalue weighted by Crippen LogP contribution is 2.46. The number of ether oxygens (including phenoxy) is 1. The quantitative estimate of drug-likeness (QED) is 0.442. The molecule has 2 aromatic rings. The van der Waals surface area contributed by atoms with Gasteiger partial charge in [0.15, 0.2) is 0 Å². The molecule has 0 amide bonds. The highest BCUT2D eigenvalue weighted by atomic mass is 16.5. The fraction of sp³-hybridized carbons (Fsp3) is 0.333. The number of carbonyl (C=O) groups is 2. The van der Waals surface area contributed by atoms with E-state index < -0.39 is 11.9 Å². The van der Waals surface area contributed by atoms with Crippen LogP contribution >= 0.6 is 0 Å². The Morgan fingerprint density at radius 1 is 0.929 bits per heavy atom. The first-order chi connectivity index (χ1) is 13.1. The van der Waals surface area contributed by atoms with Crippen LogP contribution in [0.5, 0.6) is 5.75 Å². The van der Waals surface area contributed by atoms with E-state index in [1.165, 1.54) is 29.3 Å². The lowest BCUT2D eigenvalue weighted by Crippen LogP contribution is -2.33. The van der Waals surface area contributed by atoms with Crippen molar-refractivity contribution in [2.24, 2.45) is 0 Å². The number of aromatic carboxylic acids is 1. The van der Waals surface area contributed by atoms with Crippen LogP contribution in [0.15, 0.2) is 48.5 Å². The Hall–Kier alpha value is -2.88. The Kier molecular flexibility index (Phi) is 5.16. The summed E-state index contributed by atoms with van der Waals surface area (Å²) in [5, 5.41) is 8.92. The van der Waals surface area contributed by atoms with Gasteiger partial charge in [0.2, 0.25) is 0 Å². The summed E-state index contributed by atoms with van der Waals surface area (Å²) in [4.78, 5) is 23.1. The summed E-state index contributed by atoms with van der Waals surface area (Å²) in [6, 6.07) is 12.2. The Balaban J connectivity index is 1.75. The number of carboxylic acid groups (broad SMARTS) is 1. The van der Waals surface area contributed by atoms with Gasteiger partial charge in [-0.2, -0.15) is 0 Å². The molecule has 0 atom stereocenters. The molecule has 0 fully saturated rings. The molecule has 28 heavy (non-hydrogen) atoms. The van der Waals surface area contributed by atoms with Gasteiger partial charge in [0, 0.05) is 6.08 Å². The van der Waals surface area contributed by atoms with E-state index in [0.717, 1.165) is 18.4 Å². The molecule has 2 aromatic carbocycles. The summed E-state index contributed by atoms with van der Waals surface area (Å²) in [6.07, 6.45) is 5.19. The number of rotatable bonds is 4. The number of benzene rings is 2. The van der Waals surface area contributed by atoms with E-state index >= 15 is 0 Å². The van der Waals surface area contributed by atoms with Gasteiger partial charge >= 0.3 is 11.9 Å². The van der Waals surface area contributed by atoms with Crippen molar-refractivity contribution in [1.29, 1.82) is 0 Å². The van der Waals surface area contributed by atoms with E-state index in [1.54, 1.807) is 18.2 Å². The number of hydrogen-bond acceptors (Lipinski definition) is 3. The number of carbonyl (C=O) groups excluding carboxylic acids is 1. The van der Waals surface area contributed by atoms with Crippen LogP contribution in [-0.2, 0) is 15.6 Å². The Morgan fingerprint density at radius 3 is 2.14 bits per heavy atom. The summed E-state index contributed by atoms with van der Waals surface area (Å²) >= 11 is 0. The van der Waals surface area contributed by atoms with Crippen LogP contribution in [-0.4, -0.2) is 17.0 Å². The minimum Gasteiger partial charge on any atom is -0.478 e. The number of esters is 1. The molecule has 4 heteroatoms. The average Bonchev–Trinajstić information content (AvgIpc) is 2.64. The predicted molar refractivity (Wildman–Crippen MR) is 110 cm³/mol. The Morgan fingerprint density at radius 2 is 1.54 bits per heavy atom. The molecular formula is C24H26O4. The van der Waals surface area contributed by atoms with Gasteiger partial charge in [-0.25, -0.2) is 9.59 Å². The Labute approximate surface area is 165 Å². The van der Waals surface area contributed by atoms with Crippen molar-refractivity contribution >= 4 is 18.0 Å². The smallest absolute Gasteiger partial charge is 0.336 e. The van der Waals surface area contributed by atoms with Crippen LogP contribution in [0.4, 0.5) is 0 Å². The second kappa shape index (κ2) is 7.27. The normalized spacial score (nSPS) is 17.1. The van der Waals surface area contributed by atoms with E-state index in [4.69, 9.17) is 9.84 Å². The maximum Gasteiger partial charge on any atom is 0.336 e. The van der Waals surface area contributed by atoms with Gasteiger partial charge in [-0.1, -0.05) is 45.9 Å². The lowest BCUT2D eigenvalue weighted by atomic mass is 9.63. The molecule has 1 aliphatic carbocycles. The highest BCUT2D eigenvalue weighted by molar-refractivity contribution is 5.90. The summed E-state index contributed by atoms with van der Waals surface area (Å²) in [7, 11) is 0. The third-order valence-electron chi connectivity index (χ3n) is 5.61. The topological polar surface area (TPSA) is 63.6 Å². The minimum absolute atomic E-state index is 0.0506. The standard InChI is InChI=1S/C24H26O4/c1-23(2)13-14-24(3,4)20-15-18(10-11-19(20)23)28-21(25)12-7-16-5-8-17(9-6-16)22(26)27/h5-12,15H,13-14H2,1-4H3,(H,26,27). The number of fused-ring (bicyclic) bond motifs is 1. The van der Waals surface area contributed by atoms with Crippen LogP contribution in [0.25, 0.3) is 6.08 Å². The lowest BCUT2D eigenvalue weighted by Gasteiger charge is -2.41. The van der Waals surface area contributed by atoms with Crippen molar-refractivity contribution in [1.82, 2.24) is 0 Å². The SMILES string of the molecule is CC1(C)CCC(C)(C)c2cc(OC(=O)C=Cc3ccc(C(=O)O)cc3)ccc21. The van der Waals surface area contributed by atoms with Crippen LogP contribution in [0.2, 0.25) is 0 Å². The van der Waals surface area contributed by atoms with Crippen molar-refractivity contribution in [3.05, 3.63) is 70.8 Å². The van der Waals surface area contributed by atoms with Crippen molar-refractivity contribution in [2.75, 3.05) is 0 Å². The monoisotopic (exact) mass is 378 g/mol. The molecule has 1 aliphatic rings. The molecule has 0 heterocycles. The average molecular weight is 378 g/mol. The van der Waals surface area contributed by atoms with Crippen LogP contribution < -0.4 is 4.74 Å². The summed E-state index contributed by atoms with van der Waals surface area (Å²) in [5.41, 5.74) is 3.67. The molecule has 0 radical (unpaired) electrons. The second-order valence-electron chi connectivity index (χ2n) is 8.66. The highest BCUT2D eigenvalue weighted by Gasteiger charge is 2.37. The first-order valence-electron chi connectivity index (χ1n) is 9.47. The predicted octanol–water partition coefficient (Wildman–Crippen LogP) is 5.35. The van der Waals surface area contributed by atoms with Crippen molar-refractivity contribution in [3.8, 4) is 5.75 Å². The van der Waals surface area contributed by atoms with Crippen LogP contribution in [0, 0.1) is 0 Å². The van der Waals surface area contributed by atoms with Gasteiger partial charge in [-0.15, -0.1) is 0 Å². The van der Waals surface area contributed by atoms with E-state index in [-0.39, 0.29) is 16.4 Å². The number of hydrogen-bond donors (Lipinski definition) is 1. The van der Waals surface area contributed by atoms with Crippen molar-refractivity contribution < 1.29 is 19.4 Å². The zero-order chi connectivity index (χ0) is 20.5. The summed E-state index contributed by atoms with van der Waals surface area (Å²) in [6.45, 7) is 8.97. The first-order valence-corrected chi connectivity index (χ1v) is 9.47. The van der Waals surface area contributed by atoms with E-state index in [2.05, 4.69) is 33.8 Å². The molecule has 0 aliphatic heterocycles. The second-order valence-corrected chi connectivity index (χ2v) is 8.66. The first kappa shape index (κ1) is 19.9. The van der Waals surface area contributed by atoms with Crippen LogP contribution in [0.3, 0.4) is 0 Å². The molecule has 0 bridgehead atoms. The maximum atomic E-state index is 12.2. The summed E-state index contributed by atoms with van der Waals surface area (Å²) < 4.78 is 5.51. The lowest BCUT2D eigenvalue weighted by molar-refractivity contribution is -0.128. The maximum absolute atomic E-state index is 12.2. The largest absolute Gasteiger partial charge is 0.478 e. The van der Waals surface area contributed by atoms with Crippen molar-refractivity contribution in [2.45, 2.75) is 51.4 Å². The van der Waals surface area contributed by atoms with E-state index in [1.807, 2.05) is 12.1 Å². The van der Waals surface area contributed by atoms with Gasteiger partial charge in [-0.05, 0) is 70.7 Å². The fourth-order valence-corrected chi connectivity index (χ4v) is 3.68. The molecule has 0 aromatic heterocycles. The van der Waals surface area contributed by atoms with Crippen LogP contribution in [0.1, 0.15) is 67.6 Å². The van der Waals surface area contributed by atoms with Gasteiger partial charge < -0.3 is 9.84 Å². The molecule has 0 spiro atoms. The third-order valence-corrected chi connectivity index (χ3v) is 5.61. The summed E-state index contributed by atoms with van der Waals surface area (Å²) in [5.74, 6) is -0.899. The van der Waals surface area contributed by atoms with Gasteiger partial charge in [0.25, 0.3) is 0 Å². The molecule has 1 N–H and O–H groups in total. The zero-order valence-corrected chi connectivity index (χ0v) is 16.8. The zero-order valence-electron chi connectivity index (χ0n) is 16.8. The van der Waals surface area contributed by atoms with Gasteiger partial charge in [-0.3, -0.25) is 0 Å².